The number of aromatic nitrogens is 2. The van der Waals surface area contributed by atoms with Gasteiger partial charge in [0.15, 0.2) is 0 Å². The first-order chi connectivity index (χ1) is 9.88. The fourth-order valence-corrected chi connectivity index (χ4v) is 1.86. The van der Waals surface area contributed by atoms with Crippen LogP contribution in [0.2, 0.25) is 0 Å². The molecule has 0 amide bonds. The molecule has 112 valence electrons. The Kier molecular flexibility index (Phi) is 4.30. The Labute approximate surface area is 120 Å². The highest BCUT2D eigenvalue weighted by molar-refractivity contribution is 5.49. The lowest BCUT2D eigenvalue weighted by Gasteiger charge is -2.16. The number of hydrogen-bond acceptors (Lipinski definition) is 4. The van der Waals surface area contributed by atoms with Crippen LogP contribution in [0.3, 0.4) is 0 Å². The number of nitrogens with one attached hydrogen (secondary N) is 1. The van der Waals surface area contributed by atoms with Crippen LogP contribution in [0, 0.1) is 0 Å². The van der Waals surface area contributed by atoms with E-state index in [0.717, 1.165) is 23.6 Å². The predicted octanol–water partition coefficient (Wildman–Crippen LogP) is 3.17. The van der Waals surface area contributed by atoms with Crippen LogP contribution in [0.4, 0.5) is 24.7 Å². The zero-order valence-electron chi connectivity index (χ0n) is 11.6. The third-order valence-electron chi connectivity index (χ3n) is 2.82. The Balaban J connectivity index is 2.14. The maximum Gasteiger partial charge on any atom is 0.433 e. The fourth-order valence-electron chi connectivity index (χ4n) is 1.86. The van der Waals surface area contributed by atoms with Crippen molar-refractivity contribution in [2.75, 3.05) is 24.3 Å². The second-order valence-corrected chi connectivity index (χ2v) is 4.66. The van der Waals surface area contributed by atoms with Gasteiger partial charge in [-0.05, 0) is 18.2 Å². The minimum absolute atomic E-state index is 0.367. The van der Waals surface area contributed by atoms with Crippen molar-refractivity contribution in [3.8, 4) is 0 Å². The van der Waals surface area contributed by atoms with Crippen LogP contribution < -0.4 is 10.2 Å². The number of hydrogen-bond donors (Lipinski definition) is 1. The average molecular weight is 296 g/mol. The maximum absolute atomic E-state index is 12.6. The number of anilines is 2. The number of alkyl halides is 3. The van der Waals surface area contributed by atoms with Crippen LogP contribution in [0.25, 0.3) is 0 Å². The molecule has 2 rings (SSSR count). The minimum atomic E-state index is -4.44. The topological polar surface area (TPSA) is 41.1 Å². The van der Waals surface area contributed by atoms with Gasteiger partial charge in [-0.1, -0.05) is 6.07 Å². The number of pyridine rings is 2. The van der Waals surface area contributed by atoms with Gasteiger partial charge in [0.05, 0.1) is 0 Å². The van der Waals surface area contributed by atoms with Gasteiger partial charge < -0.3 is 10.2 Å². The Bertz CT molecular complexity index is 611. The Morgan fingerprint density at radius 2 is 1.90 bits per heavy atom. The highest BCUT2D eigenvalue weighted by Gasteiger charge is 2.32. The summed E-state index contributed by atoms with van der Waals surface area (Å²) in [6, 6.07) is 6.16. The SMILES string of the molecule is CN(C)c1ncccc1CNc1ccnc(C(F)(F)F)c1. The van der Waals surface area contributed by atoms with Gasteiger partial charge >= 0.3 is 6.18 Å². The van der Waals surface area contributed by atoms with Gasteiger partial charge in [-0.15, -0.1) is 0 Å². The third kappa shape index (κ3) is 3.84. The van der Waals surface area contributed by atoms with Crippen LogP contribution in [0.15, 0.2) is 36.7 Å². The quantitative estimate of drug-likeness (QED) is 0.941. The highest BCUT2D eigenvalue weighted by Crippen LogP contribution is 2.29. The molecule has 0 radical (unpaired) electrons. The molecule has 0 spiro atoms. The minimum Gasteiger partial charge on any atom is -0.381 e. The van der Waals surface area contributed by atoms with E-state index in [9.17, 15) is 13.2 Å². The zero-order valence-corrected chi connectivity index (χ0v) is 11.6. The molecule has 0 saturated heterocycles. The van der Waals surface area contributed by atoms with E-state index in [2.05, 4.69) is 15.3 Å². The molecule has 0 aliphatic carbocycles. The van der Waals surface area contributed by atoms with Crippen molar-refractivity contribution in [3.05, 3.63) is 47.9 Å². The first-order valence-corrected chi connectivity index (χ1v) is 6.26. The third-order valence-corrected chi connectivity index (χ3v) is 2.82. The molecular formula is C14H15F3N4. The van der Waals surface area contributed by atoms with Crippen molar-refractivity contribution < 1.29 is 13.2 Å². The summed E-state index contributed by atoms with van der Waals surface area (Å²) in [7, 11) is 3.72. The first kappa shape index (κ1) is 15.1. The van der Waals surface area contributed by atoms with E-state index in [-0.39, 0.29) is 0 Å². The van der Waals surface area contributed by atoms with Gasteiger partial charge in [0.1, 0.15) is 11.5 Å². The van der Waals surface area contributed by atoms with Crippen molar-refractivity contribution in [2.45, 2.75) is 12.7 Å². The van der Waals surface area contributed by atoms with E-state index in [1.54, 1.807) is 12.3 Å². The highest BCUT2D eigenvalue weighted by atomic mass is 19.4. The molecule has 2 heterocycles. The lowest BCUT2D eigenvalue weighted by molar-refractivity contribution is -0.141. The standard InChI is InChI=1S/C14H15F3N4/c1-21(2)13-10(4-3-6-19-13)9-20-11-5-7-18-12(8-11)14(15,16)17/h3-8H,9H2,1-2H3,(H,18,20). The summed E-state index contributed by atoms with van der Waals surface area (Å²) >= 11 is 0. The fraction of sp³-hybridized carbons (Fsp3) is 0.286. The summed E-state index contributed by atoms with van der Waals surface area (Å²) in [5.41, 5.74) is 0.352. The van der Waals surface area contributed by atoms with Crippen LogP contribution in [-0.2, 0) is 12.7 Å². The molecular weight excluding hydrogens is 281 g/mol. The molecule has 0 saturated carbocycles. The molecule has 21 heavy (non-hydrogen) atoms. The summed E-state index contributed by atoms with van der Waals surface area (Å²) in [6.45, 7) is 0.378. The van der Waals surface area contributed by atoms with Crippen molar-refractivity contribution in [1.82, 2.24) is 9.97 Å². The van der Waals surface area contributed by atoms with Crippen LogP contribution in [0.1, 0.15) is 11.3 Å². The predicted molar refractivity (Wildman–Crippen MR) is 75.1 cm³/mol. The molecule has 2 aromatic heterocycles. The van der Waals surface area contributed by atoms with Crippen LogP contribution >= 0.6 is 0 Å². The van der Waals surface area contributed by atoms with Crippen molar-refractivity contribution in [3.63, 3.8) is 0 Å². The Hall–Kier alpha value is -2.31. The van der Waals surface area contributed by atoms with Crippen molar-refractivity contribution in [2.24, 2.45) is 0 Å². The number of halogens is 3. The van der Waals surface area contributed by atoms with E-state index in [0.29, 0.717) is 12.2 Å². The molecule has 0 aromatic carbocycles. The number of nitrogens with zero attached hydrogens (tertiary/aromatic N) is 3. The molecule has 0 bridgehead atoms. The molecule has 4 nitrogen and oxygen atoms in total. The molecule has 1 N–H and O–H groups in total. The van der Waals surface area contributed by atoms with Crippen molar-refractivity contribution >= 4 is 11.5 Å². The van der Waals surface area contributed by atoms with Gasteiger partial charge in [-0.2, -0.15) is 13.2 Å². The summed E-state index contributed by atoms with van der Waals surface area (Å²) in [5, 5.41) is 2.96. The van der Waals surface area contributed by atoms with Crippen LogP contribution in [0.5, 0.6) is 0 Å². The molecule has 0 atom stereocenters. The van der Waals surface area contributed by atoms with E-state index in [4.69, 9.17) is 0 Å². The molecule has 0 fully saturated rings. The van der Waals surface area contributed by atoms with Gasteiger partial charge in [0, 0.05) is 44.3 Å². The lowest BCUT2D eigenvalue weighted by atomic mass is 10.2. The maximum atomic E-state index is 12.6. The Morgan fingerprint density at radius 1 is 1.14 bits per heavy atom. The largest absolute Gasteiger partial charge is 0.433 e. The molecule has 0 unspecified atom stereocenters. The second kappa shape index (κ2) is 5.99. The monoisotopic (exact) mass is 296 g/mol. The summed E-state index contributed by atoms with van der Waals surface area (Å²) in [5.74, 6) is 0.773. The average Bonchev–Trinajstić information content (AvgIpc) is 2.45. The summed E-state index contributed by atoms with van der Waals surface area (Å²) in [6.07, 6.45) is -1.63. The second-order valence-electron chi connectivity index (χ2n) is 4.66. The van der Waals surface area contributed by atoms with Crippen LogP contribution in [-0.4, -0.2) is 24.1 Å². The smallest absolute Gasteiger partial charge is 0.381 e. The first-order valence-electron chi connectivity index (χ1n) is 6.26. The van der Waals surface area contributed by atoms with E-state index < -0.39 is 11.9 Å². The summed E-state index contributed by atoms with van der Waals surface area (Å²) in [4.78, 5) is 9.42. The summed E-state index contributed by atoms with van der Waals surface area (Å²) < 4.78 is 37.8. The zero-order chi connectivity index (χ0) is 15.5. The van der Waals surface area contributed by atoms with E-state index >= 15 is 0 Å². The normalized spacial score (nSPS) is 11.3. The van der Waals surface area contributed by atoms with Gasteiger partial charge in [-0.3, -0.25) is 4.98 Å². The van der Waals surface area contributed by atoms with Gasteiger partial charge in [-0.25, -0.2) is 4.98 Å². The van der Waals surface area contributed by atoms with E-state index in [1.165, 1.54) is 6.07 Å². The van der Waals surface area contributed by atoms with Gasteiger partial charge in [0.25, 0.3) is 0 Å². The Morgan fingerprint density at radius 3 is 2.57 bits per heavy atom. The molecule has 2 aromatic rings. The number of rotatable bonds is 4. The van der Waals surface area contributed by atoms with Crippen molar-refractivity contribution in [1.29, 1.82) is 0 Å². The van der Waals surface area contributed by atoms with E-state index in [1.807, 2.05) is 25.1 Å². The molecule has 0 aliphatic rings. The lowest BCUT2D eigenvalue weighted by Crippen LogP contribution is -2.15. The van der Waals surface area contributed by atoms with Gasteiger partial charge in [0.2, 0.25) is 0 Å². The molecule has 0 aliphatic heterocycles. The molecule has 7 heteroatoms.